The lowest BCUT2D eigenvalue weighted by molar-refractivity contribution is 0.309. The summed E-state index contributed by atoms with van der Waals surface area (Å²) in [6.45, 7) is 14.2. The van der Waals surface area contributed by atoms with Crippen molar-refractivity contribution in [3.05, 3.63) is 29.3 Å². The van der Waals surface area contributed by atoms with E-state index in [-0.39, 0.29) is 5.41 Å². The predicted molar refractivity (Wildman–Crippen MR) is 92.9 cm³/mol. The summed E-state index contributed by atoms with van der Waals surface area (Å²) in [7, 11) is 0. The molecule has 0 aromatic heterocycles. The van der Waals surface area contributed by atoms with E-state index in [0.29, 0.717) is 18.1 Å². The standard InChI is InChI=1S/C20H32O2/c1-7-11-21-18-10-9-15(20(4,5)6)13-16(18)14(3)12-19-17(8-2)22-19/h9-10,13-14,17,19H,7-8,11-12H2,1-6H3. The highest BCUT2D eigenvalue weighted by molar-refractivity contribution is 5.42. The Morgan fingerprint density at radius 2 is 1.91 bits per heavy atom. The largest absolute Gasteiger partial charge is 0.493 e. The van der Waals surface area contributed by atoms with Gasteiger partial charge in [-0.05, 0) is 47.8 Å². The van der Waals surface area contributed by atoms with Crippen molar-refractivity contribution in [2.45, 2.75) is 84.3 Å². The van der Waals surface area contributed by atoms with Gasteiger partial charge >= 0.3 is 0 Å². The molecule has 2 rings (SSSR count). The van der Waals surface area contributed by atoms with Crippen molar-refractivity contribution >= 4 is 0 Å². The number of rotatable bonds is 7. The summed E-state index contributed by atoms with van der Waals surface area (Å²) in [4.78, 5) is 0. The molecule has 0 amide bonds. The molecule has 1 aromatic rings. The molecule has 0 aliphatic carbocycles. The molecule has 1 aromatic carbocycles. The molecule has 22 heavy (non-hydrogen) atoms. The first-order chi connectivity index (χ1) is 10.4. The highest BCUT2D eigenvalue weighted by Gasteiger charge is 2.38. The van der Waals surface area contributed by atoms with Crippen molar-refractivity contribution in [3.8, 4) is 5.75 Å². The Labute approximate surface area is 136 Å². The minimum atomic E-state index is 0.166. The first kappa shape index (κ1) is 17.3. The van der Waals surface area contributed by atoms with E-state index >= 15 is 0 Å². The van der Waals surface area contributed by atoms with E-state index in [1.54, 1.807) is 0 Å². The molecule has 1 aliphatic rings. The lowest BCUT2D eigenvalue weighted by Gasteiger charge is -2.23. The summed E-state index contributed by atoms with van der Waals surface area (Å²) < 4.78 is 11.7. The summed E-state index contributed by atoms with van der Waals surface area (Å²) in [6.07, 6.45) is 4.18. The van der Waals surface area contributed by atoms with Crippen LogP contribution < -0.4 is 4.74 Å². The fourth-order valence-electron chi connectivity index (χ4n) is 2.96. The Bertz CT molecular complexity index is 487. The second-order valence-electron chi connectivity index (χ2n) is 7.61. The Balaban J connectivity index is 2.20. The van der Waals surface area contributed by atoms with Gasteiger partial charge in [0.25, 0.3) is 0 Å². The third-order valence-corrected chi connectivity index (χ3v) is 4.54. The average molecular weight is 304 g/mol. The smallest absolute Gasteiger partial charge is 0.122 e. The first-order valence-electron chi connectivity index (χ1n) is 8.79. The minimum absolute atomic E-state index is 0.166. The van der Waals surface area contributed by atoms with Gasteiger partial charge in [0.15, 0.2) is 0 Å². The quantitative estimate of drug-likeness (QED) is 0.625. The molecular formula is C20H32O2. The molecule has 2 nitrogen and oxygen atoms in total. The zero-order valence-electron chi connectivity index (χ0n) is 15.1. The van der Waals surface area contributed by atoms with Gasteiger partial charge in [-0.1, -0.05) is 53.7 Å². The molecule has 1 aliphatic heterocycles. The van der Waals surface area contributed by atoms with E-state index in [2.05, 4.69) is 59.7 Å². The molecule has 1 saturated heterocycles. The molecule has 3 atom stereocenters. The van der Waals surface area contributed by atoms with Crippen LogP contribution in [0.3, 0.4) is 0 Å². The predicted octanol–water partition coefficient (Wildman–Crippen LogP) is 5.44. The average Bonchev–Trinajstić information content (AvgIpc) is 3.22. The zero-order valence-corrected chi connectivity index (χ0v) is 15.1. The maximum absolute atomic E-state index is 5.99. The fourth-order valence-corrected chi connectivity index (χ4v) is 2.96. The molecule has 0 N–H and O–H groups in total. The van der Waals surface area contributed by atoms with Gasteiger partial charge in [-0.2, -0.15) is 0 Å². The molecule has 0 radical (unpaired) electrons. The van der Waals surface area contributed by atoms with E-state index in [4.69, 9.17) is 9.47 Å². The highest BCUT2D eigenvalue weighted by atomic mass is 16.6. The molecule has 1 fully saturated rings. The van der Waals surface area contributed by atoms with E-state index in [1.807, 2.05) is 0 Å². The normalized spacial score (nSPS) is 22.5. The second-order valence-corrected chi connectivity index (χ2v) is 7.61. The molecule has 3 unspecified atom stereocenters. The van der Waals surface area contributed by atoms with Gasteiger partial charge in [-0.25, -0.2) is 0 Å². The SMILES string of the molecule is CCCOc1ccc(C(C)(C)C)cc1C(C)CC1OC1CC. The van der Waals surface area contributed by atoms with Crippen LogP contribution >= 0.6 is 0 Å². The molecule has 0 bridgehead atoms. The lowest BCUT2D eigenvalue weighted by atomic mass is 9.83. The number of hydrogen-bond donors (Lipinski definition) is 0. The number of benzene rings is 1. The maximum atomic E-state index is 5.99. The van der Waals surface area contributed by atoms with Crippen LogP contribution in [0.15, 0.2) is 18.2 Å². The van der Waals surface area contributed by atoms with Crippen molar-refractivity contribution in [3.63, 3.8) is 0 Å². The third kappa shape index (κ3) is 4.25. The Kier molecular flexibility index (Phi) is 5.55. The van der Waals surface area contributed by atoms with E-state index in [0.717, 1.165) is 31.6 Å². The second kappa shape index (κ2) is 7.04. The third-order valence-electron chi connectivity index (χ3n) is 4.54. The van der Waals surface area contributed by atoms with E-state index in [1.165, 1.54) is 11.1 Å². The molecular weight excluding hydrogens is 272 g/mol. The van der Waals surface area contributed by atoms with Crippen LogP contribution in [0.2, 0.25) is 0 Å². The topological polar surface area (TPSA) is 21.8 Å². The lowest BCUT2D eigenvalue weighted by Crippen LogP contribution is -2.13. The molecule has 0 saturated carbocycles. The Hall–Kier alpha value is -1.02. The molecule has 1 heterocycles. The fraction of sp³-hybridized carbons (Fsp3) is 0.700. The van der Waals surface area contributed by atoms with Gasteiger partial charge in [0.2, 0.25) is 0 Å². The van der Waals surface area contributed by atoms with Gasteiger partial charge < -0.3 is 9.47 Å². The van der Waals surface area contributed by atoms with Gasteiger partial charge in [-0.3, -0.25) is 0 Å². The number of hydrogen-bond acceptors (Lipinski definition) is 2. The molecule has 124 valence electrons. The van der Waals surface area contributed by atoms with Crippen LogP contribution in [0.5, 0.6) is 5.75 Å². The van der Waals surface area contributed by atoms with Gasteiger partial charge in [0, 0.05) is 0 Å². The zero-order chi connectivity index (χ0) is 16.3. The van der Waals surface area contributed by atoms with E-state index in [9.17, 15) is 0 Å². The van der Waals surface area contributed by atoms with Gasteiger partial charge in [-0.15, -0.1) is 0 Å². The van der Waals surface area contributed by atoms with Gasteiger partial charge in [0.05, 0.1) is 18.8 Å². The molecule has 0 spiro atoms. The van der Waals surface area contributed by atoms with Crippen LogP contribution in [-0.4, -0.2) is 18.8 Å². The van der Waals surface area contributed by atoms with Crippen LogP contribution in [-0.2, 0) is 10.2 Å². The summed E-state index contributed by atoms with van der Waals surface area (Å²) in [6, 6.07) is 6.72. The summed E-state index contributed by atoms with van der Waals surface area (Å²) in [5, 5.41) is 0. The van der Waals surface area contributed by atoms with Crippen molar-refractivity contribution in [2.75, 3.05) is 6.61 Å². The number of ether oxygens (including phenoxy) is 2. The van der Waals surface area contributed by atoms with Crippen molar-refractivity contribution in [1.29, 1.82) is 0 Å². The highest BCUT2D eigenvalue weighted by Crippen LogP contribution is 2.39. The van der Waals surface area contributed by atoms with Crippen LogP contribution in [0.25, 0.3) is 0 Å². The summed E-state index contributed by atoms with van der Waals surface area (Å²) in [5.74, 6) is 1.52. The maximum Gasteiger partial charge on any atom is 0.122 e. The molecule has 2 heteroatoms. The van der Waals surface area contributed by atoms with Crippen LogP contribution in [0.4, 0.5) is 0 Å². The monoisotopic (exact) mass is 304 g/mol. The summed E-state index contributed by atoms with van der Waals surface area (Å²) >= 11 is 0. The first-order valence-corrected chi connectivity index (χ1v) is 8.79. The summed E-state index contributed by atoms with van der Waals surface area (Å²) in [5.41, 5.74) is 2.88. The van der Waals surface area contributed by atoms with Gasteiger partial charge in [0.1, 0.15) is 5.75 Å². The Morgan fingerprint density at radius 3 is 2.45 bits per heavy atom. The van der Waals surface area contributed by atoms with Crippen molar-refractivity contribution in [1.82, 2.24) is 0 Å². The van der Waals surface area contributed by atoms with Crippen LogP contribution in [0, 0.1) is 0 Å². The van der Waals surface area contributed by atoms with Crippen LogP contribution in [0.1, 0.15) is 77.8 Å². The Morgan fingerprint density at radius 1 is 1.18 bits per heavy atom. The van der Waals surface area contributed by atoms with Crippen molar-refractivity contribution < 1.29 is 9.47 Å². The number of epoxide rings is 1. The van der Waals surface area contributed by atoms with E-state index < -0.39 is 0 Å². The van der Waals surface area contributed by atoms with Crippen molar-refractivity contribution in [2.24, 2.45) is 0 Å². The minimum Gasteiger partial charge on any atom is -0.493 e.